The smallest absolute Gasteiger partial charge is 0.246 e. The lowest BCUT2D eigenvalue weighted by Gasteiger charge is -2.31. The molecule has 5 heteroatoms. The highest BCUT2D eigenvalue weighted by atomic mass is 16.2. The lowest BCUT2D eigenvalue weighted by atomic mass is 10.1. The number of aromatic nitrogens is 1. The summed E-state index contributed by atoms with van der Waals surface area (Å²) in [5, 5.41) is 9.92. The van der Waals surface area contributed by atoms with Crippen molar-refractivity contribution in [3.8, 4) is 6.07 Å². The van der Waals surface area contributed by atoms with Crippen molar-refractivity contribution in [3.63, 3.8) is 0 Å². The summed E-state index contributed by atoms with van der Waals surface area (Å²) >= 11 is 0. The third-order valence-corrected chi connectivity index (χ3v) is 4.50. The van der Waals surface area contributed by atoms with Gasteiger partial charge in [-0.15, -0.1) is 0 Å². The predicted octanol–water partition coefficient (Wildman–Crippen LogP) is 2.34. The number of fused-ring (bicyclic) bond motifs is 1. The highest BCUT2D eigenvalue weighted by Crippen LogP contribution is 2.23. The summed E-state index contributed by atoms with van der Waals surface area (Å²) in [6, 6.07) is 10.3. The molecule has 1 aliphatic heterocycles. The molecular weight excluding hydrogens is 300 g/mol. The molecule has 0 spiro atoms. The molecule has 24 heavy (non-hydrogen) atoms. The number of nitriles is 1. The lowest BCUT2D eigenvalue weighted by molar-refractivity contribution is -0.127. The Hall–Kier alpha value is -2.58. The van der Waals surface area contributed by atoms with Crippen LogP contribution in [0.25, 0.3) is 17.0 Å². The summed E-state index contributed by atoms with van der Waals surface area (Å²) in [7, 11) is 2.08. The number of rotatable bonds is 4. The van der Waals surface area contributed by atoms with Crippen LogP contribution < -0.4 is 0 Å². The van der Waals surface area contributed by atoms with Gasteiger partial charge in [0.1, 0.15) is 0 Å². The molecule has 2 heterocycles. The second kappa shape index (κ2) is 7.33. The van der Waals surface area contributed by atoms with Crippen molar-refractivity contribution in [3.05, 3.63) is 42.1 Å². The van der Waals surface area contributed by atoms with E-state index in [4.69, 9.17) is 5.26 Å². The van der Waals surface area contributed by atoms with Crippen LogP contribution in [0, 0.1) is 11.3 Å². The van der Waals surface area contributed by atoms with Gasteiger partial charge in [0.2, 0.25) is 5.91 Å². The standard InChI is InChI=1S/C19H22N4O/c1-21-11-13-22(14-12-21)19(24)8-7-16-15-23(10-4-9-20)18-6-3-2-5-17(16)18/h2-3,5-8,15H,4,10-14H2,1H3/b8-7+. The first-order valence-electron chi connectivity index (χ1n) is 8.29. The minimum Gasteiger partial charge on any atom is -0.346 e. The van der Waals surface area contributed by atoms with E-state index in [1.807, 2.05) is 35.4 Å². The van der Waals surface area contributed by atoms with Crippen LogP contribution in [0.5, 0.6) is 0 Å². The van der Waals surface area contributed by atoms with Gasteiger partial charge in [-0.05, 0) is 19.2 Å². The molecule has 1 saturated heterocycles. The fourth-order valence-electron chi connectivity index (χ4n) is 3.06. The third-order valence-electron chi connectivity index (χ3n) is 4.50. The van der Waals surface area contributed by atoms with Gasteiger partial charge in [0.05, 0.1) is 12.5 Å². The SMILES string of the molecule is CN1CCN(C(=O)/C=C/c2cn(CCC#N)c3ccccc23)CC1. The Kier molecular flexibility index (Phi) is 4.97. The topological polar surface area (TPSA) is 52.3 Å². The van der Waals surface area contributed by atoms with Crippen LogP contribution >= 0.6 is 0 Å². The minimum absolute atomic E-state index is 0.0666. The number of amides is 1. The van der Waals surface area contributed by atoms with Gasteiger partial charge in [0.25, 0.3) is 0 Å². The first-order valence-corrected chi connectivity index (χ1v) is 8.29. The molecular formula is C19H22N4O. The van der Waals surface area contributed by atoms with Gasteiger partial charge in [-0.25, -0.2) is 0 Å². The number of carbonyl (C=O) groups excluding carboxylic acids is 1. The Morgan fingerprint density at radius 3 is 2.75 bits per heavy atom. The average molecular weight is 322 g/mol. The van der Waals surface area contributed by atoms with E-state index in [9.17, 15) is 4.79 Å². The van der Waals surface area contributed by atoms with Crippen molar-refractivity contribution < 1.29 is 4.79 Å². The summed E-state index contributed by atoms with van der Waals surface area (Å²) in [5.41, 5.74) is 2.12. The number of piperazine rings is 1. The third kappa shape index (κ3) is 3.50. The van der Waals surface area contributed by atoms with Gasteiger partial charge in [-0.2, -0.15) is 5.26 Å². The molecule has 1 aliphatic rings. The number of nitrogens with zero attached hydrogens (tertiary/aromatic N) is 4. The van der Waals surface area contributed by atoms with Crippen molar-refractivity contribution in [1.29, 1.82) is 5.26 Å². The lowest BCUT2D eigenvalue weighted by Crippen LogP contribution is -2.46. The van der Waals surface area contributed by atoms with E-state index in [-0.39, 0.29) is 5.91 Å². The van der Waals surface area contributed by atoms with Crippen LogP contribution in [0.15, 0.2) is 36.5 Å². The zero-order chi connectivity index (χ0) is 16.9. The molecule has 1 amide bonds. The maximum absolute atomic E-state index is 12.4. The van der Waals surface area contributed by atoms with Gasteiger partial charge in [-0.3, -0.25) is 4.79 Å². The van der Waals surface area contributed by atoms with Crippen molar-refractivity contribution >= 4 is 22.9 Å². The molecule has 0 unspecified atom stereocenters. The second-order valence-corrected chi connectivity index (χ2v) is 6.16. The average Bonchev–Trinajstić information content (AvgIpc) is 2.96. The first-order chi connectivity index (χ1) is 11.7. The fraction of sp³-hybridized carbons (Fsp3) is 0.368. The molecule has 0 N–H and O–H groups in total. The first kappa shape index (κ1) is 16.3. The number of benzene rings is 1. The quantitative estimate of drug-likeness (QED) is 0.812. The number of carbonyl (C=O) groups is 1. The Morgan fingerprint density at radius 1 is 1.25 bits per heavy atom. The Bertz CT molecular complexity index is 791. The van der Waals surface area contributed by atoms with E-state index in [1.54, 1.807) is 6.08 Å². The van der Waals surface area contributed by atoms with E-state index < -0.39 is 0 Å². The van der Waals surface area contributed by atoms with E-state index in [2.05, 4.69) is 28.7 Å². The van der Waals surface area contributed by atoms with Crippen molar-refractivity contribution in [2.24, 2.45) is 0 Å². The minimum atomic E-state index is 0.0666. The highest BCUT2D eigenvalue weighted by molar-refractivity contribution is 5.96. The van der Waals surface area contributed by atoms with Crippen molar-refractivity contribution in [1.82, 2.24) is 14.4 Å². The summed E-state index contributed by atoms with van der Waals surface area (Å²) in [6.07, 6.45) is 6.06. The Labute approximate surface area is 142 Å². The number of aryl methyl sites for hydroxylation is 1. The molecule has 1 fully saturated rings. The van der Waals surface area contributed by atoms with Crippen LogP contribution in [0.2, 0.25) is 0 Å². The number of hydrogen-bond donors (Lipinski definition) is 0. The summed E-state index contributed by atoms with van der Waals surface area (Å²) < 4.78 is 2.08. The Balaban J connectivity index is 1.79. The summed E-state index contributed by atoms with van der Waals surface area (Å²) in [4.78, 5) is 16.5. The molecule has 0 atom stereocenters. The van der Waals surface area contributed by atoms with E-state index >= 15 is 0 Å². The second-order valence-electron chi connectivity index (χ2n) is 6.16. The van der Waals surface area contributed by atoms with Crippen LogP contribution in [-0.2, 0) is 11.3 Å². The normalized spacial score (nSPS) is 15.9. The van der Waals surface area contributed by atoms with Crippen molar-refractivity contribution in [2.45, 2.75) is 13.0 Å². The van der Waals surface area contributed by atoms with Gasteiger partial charge < -0.3 is 14.4 Å². The Morgan fingerprint density at radius 2 is 2.00 bits per heavy atom. The van der Waals surface area contributed by atoms with Crippen LogP contribution in [0.3, 0.4) is 0 Å². The van der Waals surface area contributed by atoms with Gasteiger partial charge in [-0.1, -0.05) is 18.2 Å². The maximum Gasteiger partial charge on any atom is 0.246 e. The zero-order valence-electron chi connectivity index (χ0n) is 14.0. The predicted molar refractivity (Wildman–Crippen MR) is 95.3 cm³/mol. The molecule has 1 aromatic heterocycles. The molecule has 0 aliphatic carbocycles. The molecule has 1 aromatic carbocycles. The number of hydrogen-bond acceptors (Lipinski definition) is 3. The van der Waals surface area contributed by atoms with Crippen LogP contribution in [0.4, 0.5) is 0 Å². The van der Waals surface area contributed by atoms with E-state index in [0.29, 0.717) is 13.0 Å². The molecule has 5 nitrogen and oxygen atoms in total. The molecule has 0 bridgehead atoms. The van der Waals surface area contributed by atoms with E-state index in [1.165, 1.54) is 0 Å². The molecule has 124 valence electrons. The van der Waals surface area contributed by atoms with Gasteiger partial charge >= 0.3 is 0 Å². The van der Waals surface area contributed by atoms with Crippen molar-refractivity contribution in [2.75, 3.05) is 33.2 Å². The van der Waals surface area contributed by atoms with Crippen LogP contribution in [0.1, 0.15) is 12.0 Å². The van der Waals surface area contributed by atoms with Gasteiger partial charge in [0.15, 0.2) is 0 Å². The molecule has 3 rings (SSSR count). The highest BCUT2D eigenvalue weighted by Gasteiger charge is 2.17. The molecule has 0 radical (unpaired) electrons. The summed E-state index contributed by atoms with van der Waals surface area (Å²) in [6.45, 7) is 4.07. The van der Waals surface area contributed by atoms with Gasteiger partial charge in [0, 0.05) is 61.5 Å². The monoisotopic (exact) mass is 322 g/mol. The van der Waals surface area contributed by atoms with Crippen LogP contribution in [-0.4, -0.2) is 53.5 Å². The largest absolute Gasteiger partial charge is 0.346 e. The maximum atomic E-state index is 12.4. The summed E-state index contributed by atoms with van der Waals surface area (Å²) in [5.74, 6) is 0.0666. The number of para-hydroxylation sites is 1. The fourth-order valence-corrected chi connectivity index (χ4v) is 3.06. The zero-order valence-corrected chi connectivity index (χ0v) is 14.0. The molecule has 0 saturated carbocycles. The van der Waals surface area contributed by atoms with E-state index in [0.717, 1.165) is 42.6 Å². The molecule has 2 aromatic rings. The number of likely N-dealkylation sites (N-methyl/N-ethyl adjacent to an activating group) is 1.